The first-order valence-electron chi connectivity index (χ1n) is 10.2. The summed E-state index contributed by atoms with van der Waals surface area (Å²) in [6.07, 6.45) is 2.52. The van der Waals surface area contributed by atoms with E-state index in [1.807, 2.05) is 31.9 Å². The molecule has 0 spiro atoms. The predicted molar refractivity (Wildman–Crippen MR) is 120 cm³/mol. The number of thioether (sulfide) groups is 1. The number of amides is 3. The average Bonchev–Trinajstić information content (AvgIpc) is 2.74. The molecule has 1 unspecified atom stereocenters. The molecule has 7 nitrogen and oxygen atoms in total. The second kappa shape index (κ2) is 10.7. The first-order valence-corrected chi connectivity index (χ1v) is 11.6. The Morgan fingerprint density at radius 2 is 1.70 bits per heavy atom. The maximum Gasteiger partial charge on any atom is 0.255 e. The fourth-order valence-electron chi connectivity index (χ4n) is 3.39. The lowest BCUT2D eigenvalue weighted by Crippen LogP contribution is -2.57. The Bertz CT molecular complexity index is 755. The summed E-state index contributed by atoms with van der Waals surface area (Å²) in [7, 11) is 1.51. The third-order valence-corrected chi connectivity index (χ3v) is 5.73. The molecule has 0 bridgehead atoms. The fraction of sp³-hybridized carbons (Fsp3) is 0.591. The molecule has 1 fully saturated rings. The van der Waals surface area contributed by atoms with Crippen LogP contribution in [0.4, 0.5) is 0 Å². The molecule has 1 aliphatic heterocycles. The van der Waals surface area contributed by atoms with Crippen LogP contribution in [0.2, 0.25) is 0 Å². The van der Waals surface area contributed by atoms with Gasteiger partial charge in [-0.05, 0) is 30.6 Å². The third kappa shape index (κ3) is 6.14. The first kappa shape index (κ1) is 24.1. The van der Waals surface area contributed by atoms with Crippen molar-refractivity contribution in [2.24, 2.45) is 5.41 Å². The van der Waals surface area contributed by atoms with E-state index in [-0.39, 0.29) is 17.7 Å². The number of nitrogens with zero attached hydrogens (tertiary/aromatic N) is 2. The van der Waals surface area contributed by atoms with Gasteiger partial charge in [-0.2, -0.15) is 11.8 Å². The summed E-state index contributed by atoms with van der Waals surface area (Å²) in [5.41, 5.74) is -0.0296. The molecule has 0 aliphatic carbocycles. The number of ether oxygens (including phenoxy) is 1. The van der Waals surface area contributed by atoms with Gasteiger partial charge in [-0.25, -0.2) is 0 Å². The lowest BCUT2D eigenvalue weighted by atomic mass is 9.94. The fourth-order valence-corrected chi connectivity index (χ4v) is 3.86. The number of benzene rings is 1. The van der Waals surface area contributed by atoms with E-state index in [9.17, 15) is 14.4 Å². The quantitative estimate of drug-likeness (QED) is 0.711. The van der Waals surface area contributed by atoms with Gasteiger partial charge in [0.2, 0.25) is 11.8 Å². The van der Waals surface area contributed by atoms with Gasteiger partial charge in [0.05, 0.1) is 12.7 Å². The van der Waals surface area contributed by atoms with Crippen molar-refractivity contribution in [3.05, 3.63) is 29.8 Å². The first-order chi connectivity index (χ1) is 14.2. The highest BCUT2D eigenvalue weighted by molar-refractivity contribution is 7.98. The standard InChI is InChI=1S/C22H33N3O4S/c1-22(2,3)21(28)25-13-11-24(12-14-25)20(27)17(10-15-30-5)23-19(26)16-8-6-7-9-18(16)29-4/h6-9,17H,10-15H2,1-5H3,(H,23,26). The van der Waals surface area contributed by atoms with Crippen molar-refractivity contribution in [3.63, 3.8) is 0 Å². The predicted octanol–water partition coefficient (Wildman–Crippen LogP) is 2.26. The molecule has 0 aromatic heterocycles. The van der Waals surface area contributed by atoms with Crippen molar-refractivity contribution >= 4 is 29.5 Å². The van der Waals surface area contributed by atoms with Gasteiger partial charge < -0.3 is 19.9 Å². The Morgan fingerprint density at radius 1 is 1.10 bits per heavy atom. The van der Waals surface area contributed by atoms with Crippen LogP contribution in [0.15, 0.2) is 24.3 Å². The molecule has 0 radical (unpaired) electrons. The van der Waals surface area contributed by atoms with Crippen molar-refractivity contribution in [2.75, 3.05) is 45.3 Å². The molecule has 30 heavy (non-hydrogen) atoms. The lowest BCUT2D eigenvalue weighted by Gasteiger charge is -2.38. The largest absolute Gasteiger partial charge is 0.496 e. The highest BCUT2D eigenvalue weighted by Gasteiger charge is 2.33. The van der Waals surface area contributed by atoms with Crippen molar-refractivity contribution in [3.8, 4) is 5.75 Å². The van der Waals surface area contributed by atoms with Gasteiger partial charge in [-0.1, -0.05) is 32.9 Å². The van der Waals surface area contributed by atoms with Crippen LogP contribution in [0.5, 0.6) is 5.75 Å². The minimum Gasteiger partial charge on any atom is -0.496 e. The molecule has 2 rings (SSSR count). The molecular formula is C22H33N3O4S. The molecule has 0 saturated carbocycles. The van der Waals surface area contributed by atoms with E-state index in [1.165, 1.54) is 7.11 Å². The third-order valence-electron chi connectivity index (χ3n) is 5.09. The van der Waals surface area contributed by atoms with E-state index in [0.29, 0.717) is 43.9 Å². The highest BCUT2D eigenvalue weighted by atomic mass is 32.2. The number of carbonyl (C=O) groups excluding carboxylic acids is 3. The van der Waals surface area contributed by atoms with Gasteiger partial charge in [0, 0.05) is 31.6 Å². The Balaban J connectivity index is 2.05. The Labute approximate surface area is 183 Å². The molecule has 1 atom stereocenters. The molecule has 166 valence electrons. The zero-order valence-corrected chi connectivity index (χ0v) is 19.4. The van der Waals surface area contributed by atoms with Gasteiger partial charge in [-0.15, -0.1) is 0 Å². The molecular weight excluding hydrogens is 402 g/mol. The van der Waals surface area contributed by atoms with E-state index < -0.39 is 11.5 Å². The SMILES string of the molecule is COc1ccccc1C(=O)NC(CCSC)C(=O)N1CCN(C(=O)C(C)(C)C)CC1. The maximum absolute atomic E-state index is 13.2. The van der Waals surface area contributed by atoms with Crippen LogP contribution in [0.3, 0.4) is 0 Å². The number of nitrogens with one attached hydrogen (secondary N) is 1. The van der Waals surface area contributed by atoms with E-state index >= 15 is 0 Å². The summed E-state index contributed by atoms with van der Waals surface area (Å²) in [6.45, 7) is 7.67. The second-order valence-corrected chi connectivity index (χ2v) is 9.36. The Kier molecular flexibility index (Phi) is 8.58. The van der Waals surface area contributed by atoms with E-state index in [1.54, 1.807) is 40.9 Å². The molecule has 1 heterocycles. The summed E-state index contributed by atoms with van der Waals surface area (Å²) in [5.74, 6) is 0.896. The maximum atomic E-state index is 13.2. The van der Waals surface area contributed by atoms with Gasteiger partial charge in [0.15, 0.2) is 0 Å². The van der Waals surface area contributed by atoms with Crippen LogP contribution in [0.25, 0.3) is 0 Å². The summed E-state index contributed by atoms with van der Waals surface area (Å²) in [4.78, 5) is 42.0. The number of rotatable bonds is 7. The average molecular weight is 436 g/mol. The Morgan fingerprint density at radius 3 is 2.27 bits per heavy atom. The summed E-state index contributed by atoms with van der Waals surface area (Å²) in [5, 5.41) is 2.89. The van der Waals surface area contributed by atoms with Crippen molar-refractivity contribution < 1.29 is 19.1 Å². The van der Waals surface area contributed by atoms with Crippen LogP contribution in [-0.2, 0) is 9.59 Å². The lowest BCUT2D eigenvalue weighted by molar-refractivity contribution is -0.145. The monoisotopic (exact) mass is 435 g/mol. The zero-order chi connectivity index (χ0) is 22.3. The topological polar surface area (TPSA) is 79.0 Å². The van der Waals surface area contributed by atoms with Gasteiger partial charge in [-0.3, -0.25) is 14.4 Å². The highest BCUT2D eigenvalue weighted by Crippen LogP contribution is 2.20. The number of methoxy groups -OCH3 is 1. The number of hydrogen-bond acceptors (Lipinski definition) is 5. The minimum absolute atomic E-state index is 0.0954. The smallest absolute Gasteiger partial charge is 0.255 e. The number of piperazine rings is 1. The molecule has 1 aliphatic rings. The van der Waals surface area contributed by atoms with Crippen molar-refractivity contribution in [1.29, 1.82) is 0 Å². The van der Waals surface area contributed by atoms with Crippen molar-refractivity contribution in [1.82, 2.24) is 15.1 Å². The van der Waals surface area contributed by atoms with Gasteiger partial charge in [0.1, 0.15) is 11.8 Å². The van der Waals surface area contributed by atoms with Gasteiger partial charge >= 0.3 is 0 Å². The molecule has 8 heteroatoms. The summed E-state index contributed by atoms with van der Waals surface area (Å²) in [6, 6.07) is 6.35. The number of hydrogen-bond donors (Lipinski definition) is 1. The van der Waals surface area contributed by atoms with E-state index in [2.05, 4.69) is 5.32 Å². The normalized spacial score (nSPS) is 15.5. The minimum atomic E-state index is -0.611. The van der Waals surface area contributed by atoms with Crippen LogP contribution in [0, 0.1) is 5.41 Å². The summed E-state index contributed by atoms with van der Waals surface area (Å²) < 4.78 is 5.27. The number of carbonyl (C=O) groups is 3. The van der Waals surface area contributed by atoms with Gasteiger partial charge in [0.25, 0.3) is 5.91 Å². The van der Waals surface area contributed by atoms with Crippen LogP contribution in [0.1, 0.15) is 37.6 Å². The number of para-hydroxylation sites is 1. The molecule has 1 aromatic carbocycles. The second-order valence-electron chi connectivity index (χ2n) is 8.38. The van der Waals surface area contributed by atoms with E-state index in [4.69, 9.17) is 4.74 Å². The van der Waals surface area contributed by atoms with Crippen LogP contribution in [-0.4, -0.2) is 78.9 Å². The molecule has 1 saturated heterocycles. The molecule has 1 aromatic rings. The molecule has 1 N–H and O–H groups in total. The molecule has 3 amide bonds. The Hall–Kier alpha value is -2.22. The summed E-state index contributed by atoms with van der Waals surface area (Å²) >= 11 is 1.63. The van der Waals surface area contributed by atoms with E-state index in [0.717, 1.165) is 5.75 Å². The zero-order valence-electron chi connectivity index (χ0n) is 18.6. The van der Waals surface area contributed by atoms with Crippen LogP contribution >= 0.6 is 11.8 Å². The van der Waals surface area contributed by atoms with Crippen molar-refractivity contribution in [2.45, 2.75) is 33.2 Å². The van der Waals surface area contributed by atoms with Crippen LogP contribution < -0.4 is 10.1 Å².